The van der Waals surface area contributed by atoms with Gasteiger partial charge < -0.3 is 10.2 Å². The van der Waals surface area contributed by atoms with Gasteiger partial charge in [0, 0.05) is 6.42 Å². The molecule has 1 unspecified atom stereocenters. The molecular weight excluding hydrogens is 432 g/mol. The molecule has 3 N–H and O–H groups in total. The first-order valence-corrected chi connectivity index (χ1v) is 13.8. The summed E-state index contributed by atoms with van der Waals surface area (Å²) in [6.45, 7) is 6.82. The van der Waals surface area contributed by atoms with Crippen LogP contribution in [-0.4, -0.2) is 41.4 Å². The van der Waals surface area contributed by atoms with Gasteiger partial charge in [0.05, 0.1) is 12.2 Å². The first kappa shape index (κ1) is 24.4. The number of hydrogen-bond donors (Lipinski definition) is 3. The summed E-state index contributed by atoms with van der Waals surface area (Å²) in [6.07, 6.45) is 6.97. The molecule has 184 valence electrons. The molecule has 0 aromatic rings. The molecule has 4 fully saturated rings. The fourth-order valence-electron chi connectivity index (χ4n) is 8.96. The average Bonchev–Trinajstić information content (AvgIpc) is 3.03. The average molecular weight is 473 g/mol. The molecule has 0 aliphatic heterocycles. The summed E-state index contributed by atoms with van der Waals surface area (Å²) < 4.78 is 38.6. The van der Waals surface area contributed by atoms with Crippen LogP contribution in [0.5, 0.6) is 0 Å². The monoisotopic (exact) mass is 472 g/mol. The number of fused-ring (bicyclic) bond motifs is 5. The zero-order chi connectivity index (χ0) is 23.5. The van der Waals surface area contributed by atoms with E-state index in [-0.39, 0.29) is 35.2 Å². The van der Waals surface area contributed by atoms with Crippen molar-refractivity contribution in [2.75, 3.05) is 0 Å². The second-order valence-electron chi connectivity index (χ2n) is 11.9. The lowest BCUT2D eigenvalue weighted by Gasteiger charge is -2.62. The van der Waals surface area contributed by atoms with E-state index in [1.807, 2.05) is 0 Å². The van der Waals surface area contributed by atoms with E-state index < -0.39 is 22.5 Å². The minimum Gasteiger partial charge on any atom is -0.481 e. The van der Waals surface area contributed by atoms with Crippen molar-refractivity contribution in [1.29, 1.82) is 0 Å². The number of carboxylic acid groups (broad SMARTS) is 1. The van der Waals surface area contributed by atoms with Crippen molar-refractivity contribution in [1.82, 2.24) is 0 Å². The van der Waals surface area contributed by atoms with Gasteiger partial charge in [0.25, 0.3) is 0 Å². The zero-order valence-corrected chi connectivity index (χ0v) is 20.4. The molecule has 4 aliphatic carbocycles. The van der Waals surface area contributed by atoms with Gasteiger partial charge in [-0.1, -0.05) is 20.8 Å². The molecule has 0 bridgehead atoms. The Hall–Kier alpha value is -0.700. The quantitative estimate of drug-likeness (QED) is 0.493. The third kappa shape index (κ3) is 4.25. The van der Waals surface area contributed by atoms with Crippen LogP contribution in [0, 0.1) is 46.3 Å². The van der Waals surface area contributed by atoms with Gasteiger partial charge in [0.1, 0.15) is 0 Å². The number of aliphatic hydroxyl groups is 1. The summed E-state index contributed by atoms with van der Waals surface area (Å²) in [5.74, 6) is 0.821. The van der Waals surface area contributed by atoms with E-state index in [1.54, 1.807) is 0 Å². The van der Waals surface area contributed by atoms with E-state index in [0.717, 1.165) is 38.5 Å². The van der Waals surface area contributed by atoms with Crippen LogP contribution < -0.4 is 0 Å². The van der Waals surface area contributed by atoms with Crippen molar-refractivity contribution < 1.29 is 32.2 Å². The van der Waals surface area contributed by atoms with Gasteiger partial charge in [-0.2, -0.15) is 8.42 Å². The zero-order valence-electron chi connectivity index (χ0n) is 19.6. The van der Waals surface area contributed by atoms with Crippen LogP contribution in [0.25, 0.3) is 0 Å². The Morgan fingerprint density at radius 3 is 2.38 bits per heavy atom. The maximum absolute atomic E-state index is 11.8. The molecule has 0 radical (unpaired) electrons. The molecule has 7 nitrogen and oxygen atoms in total. The minimum absolute atomic E-state index is 0.0251. The summed E-state index contributed by atoms with van der Waals surface area (Å²) in [5.41, 5.74) is 0.0780. The SMILES string of the molecule is C[C@H](CCC(=O)O)[C@H]1CC[C@H]2[C@@H]3[C@@H](OS(=O)(=O)O)CC4C[C@@H](O)CC[C@]4(C)[C@H]3CC[C@]12C. The number of rotatable bonds is 6. The molecule has 0 saturated heterocycles. The second-order valence-corrected chi connectivity index (χ2v) is 12.9. The third-order valence-corrected chi connectivity index (χ3v) is 10.9. The minimum atomic E-state index is -4.57. The molecule has 8 heteroatoms. The van der Waals surface area contributed by atoms with Crippen molar-refractivity contribution in [3.8, 4) is 0 Å². The van der Waals surface area contributed by atoms with Crippen molar-refractivity contribution in [3.05, 3.63) is 0 Å². The van der Waals surface area contributed by atoms with Gasteiger partial charge in [-0.3, -0.25) is 9.35 Å². The van der Waals surface area contributed by atoms with Crippen molar-refractivity contribution >= 4 is 16.4 Å². The van der Waals surface area contributed by atoms with Crippen LogP contribution in [0.1, 0.15) is 85.0 Å². The molecule has 32 heavy (non-hydrogen) atoms. The van der Waals surface area contributed by atoms with E-state index in [4.69, 9.17) is 9.29 Å². The summed E-state index contributed by atoms with van der Waals surface area (Å²) in [7, 11) is -4.57. The maximum Gasteiger partial charge on any atom is 0.397 e. The fourth-order valence-corrected chi connectivity index (χ4v) is 9.48. The van der Waals surface area contributed by atoms with Crippen molar-refractivity contribution in [3.63, 3.8) is 0 Å². The summed E-state index contributed by atoms with van der Waals surface area (Å²) in [4.78, 5) is 11.1. The number of hydrogen-bond acceptors (Lipinski definition) is 5. The highest BCUT2D eigenvalue weighted by atomic mass is 32.3. The van der Waals surface area contributed by atoms with Crippen molar-refractivity contribution in [2.45, 2.75) is 97.2 Å². The van der Waals surface area contributed by atoms with E-state index >= 15 is 0 Å². The molecule has 4 saturated carbocycles. The highest BCUT2D eigenvalue weighted by Crippen LogP contribution is 2.68. The van der Waals surface area contributed by atoms with E-state index in [2.05, 4.69) is 20.8 Å². The van der Waals surface area contributed by atoms with Gasteiger partial charge in [-0.05, 0) is 104 Å². The Morgan fingerprint density at radius 1 is 1.06 bits per heavy atom. The molecule has 0 amide bonds. The number of carbonyl (C=O) groups is 1. The smallest absolute Gasteiger partial charge is 0.397 e. The van der Waals surface area contributed by atoms with Gasteiger partial charge in [-0.15, -0.1) is 0 Å². The Morgan fingerprint density at radius 2 is 1.72 bits per heavy atom. The summed E-state index contributed by atoms with van der Waals surface area (Å²) >= 11 is 0. The first-order valence-electron chi connectivity index (χ1n) is 12.4. The maximum atomic E-state index is 11.8. The molecular formula is C24H40O7S. The first-order chi connectivity index (χ1) is 14.8. The Balaban J connectivity index is 1.64. The van der Waals surface area contributed by atoms with Crippen LogP contribution in [-0.2, 0) is 19.4 Å². The Bertz CT molecular complexity index is 828. The predicted octanol–water partition coefficient (Wildman–Crippen LogP) is 4.31. The standard InChI is InChI=1S/C24H40O7S/c1-14(4-7-21(26)27)17-5-6-18-22-19(9-11-24(17,18)3)23(2)10-8-16(25)12-15(23)13-20(22)31-32(28,29)30/h14-20,22,25H,4-13H2,1-3H3,(H,26,27)(H,28,29,30)/t14-,15?,16+,17-,18+,19+,20+,22+,23+,24-/m1/s1. The lowest BCUT2D eigenvalue weighted by atomic mass is 9.43. The Kier molecular flexibility index (Phi) is 6.49. The lowest BCUT2D eigenvalue weighted by Crippen LogP contribution is -2.59. The predicted molar refractivity (Wildman–Crippen MR) is 119 cm³/mol. The van der Waals surface area contributed by atoms with E-state index in [1.165, 1.54) is 0 Å². The van der Waals surface area contributed by atoms with Crippen LogP contribution >= 0.6 is 0 Å². The van der Waals surface area contributed by atoms with E-state index in [9.17, 15) is 22.9 Å². The third-order valence-electron chi connectivity index (χ3n) is 10.5. The van der Waals surface area contributed by atoms with Gasteiger partial charge in [-0.25, -0.2) is 4.18 Å². The number of carboxylic acids is 1. The number of aliphatic hydroxyl groups excluding tert-OH is 1. The fraction of sp³-hybridized carbons (Fsp3) is 0.958. The van der Waals surface area contributed by atoms with Crippen molar-refractivity contribution in [2.24, 2.45) is 46.3 Å². The van der Waals surface area contributed by atoms with Gasteiger partial charge in [0.15, 0.2) is 0 Å². The summed E-state index contributed by atoms with van der Waals surface area (Å²) in [5, 5.41) is 19.4. The van der Waals surface area contributed by atoms with Gasteiger partial charge in [0.2, 0.25) is 0 Å². The normalized spacial score (nSPS) is 47.2. The summed E-state index contributed by atoms with van der Waals surface area (Å²) in [6, 6.07) is 0. The topological polar surface area (TPSA) is 121 Å². The van der Waals surface area contributed by atoms with Crippen LogP contribution in [0.15, 0.2) is 0 Å². The lowest BCUT2D eigenvalue weighted by molar-refractivity contribution is -0.168. The van der Waals surface area contributed by atoms with Gasteiger partial charge >= 0.3 is 16.4 Å². The molecule has 0 spiro atoms. The van der Waals surface area contributed by atoms with E-state index in [0.29, 0.717) is 42.9 Å². The highest BCUT2D eigenvalue weighted by molar-refractivity contribution is 7.80. The largest absolute Gasteiger partial charge is 0.481 e. The molecule has 0 heterocycles. The van der Waals surface area contributed by atoms with Crippen LogP contribution in [0.3, 0.4) is 0 Å². The Labute approximate surface area is 192 Å². The molecule has 4 rings (SSSR count). The molecule has 4 aliphatic rings. The molecule has 0 aromatic carbocycles. The molecule has 10 atom stereocenters. The van der Waals surface area contributed by atoms with Crippen LogP contribution in [0.4, 0.5) is 0 Å². The number of aliphatic carboxylic acids is 1. The second kappa shape index (κ2) is 8.51. The van der Waals surface area contributed by atoms with Crippen LogP contribution in [0.2, 0.25) is 0 Å². The molecule has 0 aromatic heterocycles. The highest BCUT2D eigenvalue weighted by Gasteiger charge is 2.63.